The predicted octanol–water partition coefficient (Wildman–Crippen LogP) is 2.02. The van der Waals surface area contributed by atoms with Crippen molar-refractivity contribution in [2.45, 2.75) is 53.4 Å². The topological polar surface area (TPSA) is 78.4 Å². The van der Waals surface area contributed by atoms with E-state index in [0.717, 1.165) is 25.8 Å². The molecule has 0 saturated carbocycles. The average molecular weight is 298 g/mol. The molecule has 0 aromatic rings. The summed E-state index contributed by atoms with van der Waals surface area (Å²) < 4.78 is 0. The van der Waals surface area contributed by atoms with Gasteiger partial charge in [-0.15, -0.1) is 0 Å². The molecule has 0 bridgehead atoms. The summed E-state index contributed by atoms with van der Waals surface area (Å²) in [6.07, 6.45) is 3.20. The number of rotatable bonds is 6. The van der Waals surface area contributed by atoms with Crippen molar-refractivity contribution in [2.24, 2.45) is 16.7 Å². The Kier molecular flexibility index (Phi) is 6.20. The monoisotopic (exact) mass is 298 g/mol. The minimum atomic E-state index is -0.836. The quantitative estimate of drug-likeness (QED) is 0.701. The number of aliphatic carboxylic acids is 1. The molecule has 5 nitrogen and oxygen atoms in total. The molecule has 5 heteroatoms. The zero-order chi connectivity index (χ0) is 16.1. The summed E-state index contributed by atoms with van der Waals surface area (Å²) in [6.45, 7) is 9.93. The zero-order valence-electron chi connectivity index (χ0n) is 13.8. The molecule has 1 rings (SSSR count). The zero-order valence-corrected chi connectivity index (χ0v) is 13.8. The van der Waals surface area contributed by atoms with Crippen LogP contribution < -0.4 is 10.6 Å². The Balaban J connectivity index is 2.62. The molecule has 0 aliphatic carbocycles. The van der Waals surface area contributed by atoms with Crippen LogP contribution in [-0.2, 0) is 9.59 Å². The van der Waals surface area contributed by atoms with Crippen molar-refractivity contribution in [3.05, 3.63) is 0 Å². The molecule has 0 spiro atoms. The highest BCUT2D eigenvalue weighted by Crippen LogP contribution is 2.30. The van der Waals surface area contributed by atoms with E-state index in [0.29, 0.717) is 13.0 Å². The number of amides is 1. The van der Waals surface area contributed by atoms with E-state index in [1.807, 2.05) is 27.7 Å². The molecule has 1 amide bonds. The lowest BCUT2D eigenvalue weighted by atomic mass is 9.77. The fraction of sp³-hybridized carbons (Fsp3) is 0.875. The molecule has 3 N–H and O–H groups in total. The van der Waals surface area contributed by atoms with Gasteiger partial charge in [-0.3, -0.25) is 9.59 Å². The molecule has 0 radical (unpaired) electrons. The van der Waals surface area contributed by atoms with E-state index in [2.05, 4.69) is 10.6 Å². The molecule has 1 saturated heterocycles. The van der Waals surface area contributed by atoms with Crippen LogP contribution in [0.5, 0.6) is 0 Å². The fourth-order valence-corrected chi connectivity index (χ4v) is 3.01. The van der Waals surface area contributed by atoms with E-state index in [9.17, 15) is 14.7 Å². The Morgan fingerprint density at radius 1 is 1.38 bits per heavy atom. The minimum Gasteiger partial charge on any atom is -0.481 e. The lowest BCUT2D eigenvalue weighted by Gasteiger charge is -2.36. The summed E-state index contributed by atoms with van der Waals surface area (Å²) >= 11 is 0. The molecule has 1 aliphatic rings. The van der Waals surface area contributed by atoms with Crippen LogP contribution in [0.1, 0.15) is 53.4 Å². The van der Waals surface area contributed by atoms with Gasteiger partial charge < -0.3 is 15.7 Å². The van der Waals surface area contributed by atoms with Crippen LogP contribution in [0.2, 0.25) is 0 Å². The van der Waals surface area contributed by atoms with Crippen molar-refractivity contribution < 1.29 is 14.7 Å². The van der Waals surface area contributed by atoms with Gasteiger partial charge in [-0.2, -0.15) is 0 Å². The number of carboxylic acid groups (broad SMARTS) is 1. The maximum atomic E-state index is 12.5. The highest BCUT2D eigenvalue weighted by atomic mass is 16.4. The lowest BCUT2D eigenvalue weighted by molar-refractivity contribution is -0.143. The molecule has 2 atom stereocenters. The molecule has 1 heterocycles. The SMILES string of the molecule is CCC1(C(=O)NCC(CC(C)(C)C)C(=O)O)CCCNC1. The van der Waals surface area contributed by atoms with Crippen molar-refractivity contribution in [3.63, 3.8) is 0 Å². The van der Waals surface area contributed by atoms with Gasteiger partial charge in [0.25, 0.3) is 0 Å². The second-order valence-electron chi connectivity index (χ2n) is 7.42. The van der Waals surface area contributed by atoms with E-state index in [1.54, 1.807) is 0 Å². The van der Waals surface area contributed by atoms with E-state index in [-0.39, 0.29) is 23.3 Å². The number of carbonyl (C=O) groups is 2. The third kappa shape index (κ3) is 5.30. The van der Waals surface area contributed by atoms with Crippen LogP contribution in [0, 0.1) is 16.7 Å². The molecular weight excluding hydrogens is 268 g/mol. The minimum absolute atomic E-state index is 0.00245. The number of hydrogen-bond donors (Lipinski definition) is 3. The van der Waals surface area contributed by atoms with Crippen molar-refractivity contribution in [1.29, 1.82) is 0 Å². The summed E-state index contributed by atoms with van der Waals surface area (Å²) in [6, 6.07) is 0. The smallest absolute Gasteiger partial charge is 0.308 e. The molecule has 21 heavy (non-hydrogen) atoms. The normalized spacial score (nSPS) is 24.4. The predicted molar refractivity (Wildman–Crippen MR) is 83.0 cm³/mol. The number of carboxylic acids is 1. The van der Waals surface area contributed by atoms with Gasteiger partial charge in [0.1, 0.15) is 0 Å². The summed E-state index contributed by atoms with van der Waals surface area (Å²) in [7, 11) is 0. The summed E-state index contributed by atoms with van der Waals surface area (Å²) in [5, 5.41) is 15.5. The van der Waals surface area contributed by atoms with Gasteiger partial charge in [0.15, 0.2) is 0 Å². The third-order valence-corrected chi connectivity index (χ3v) is 4.35. The number of nitrogens with one attached hydrogen (secondary N) is 2. The average Bonchev–Trinajstić information content (AvgIpc) is 2.42. The molecule has 2 unspecified atom stereocenters. The molecule has 0 aromatic carbocycles. The highest BCUT2D eigenvalue weighted by molar-refractivity contribution is 5.83. The van der Waals surface area contributed by atoms with Gasteiger partial charge in [-0.1, -0.05) is 27.7 Å². The van der Waals surface area contributed by atoms with Crippen molar-refractivity contribution in [2.75, 3.05) is 19.6 Å². The first-order valence-electron chi connectivity index (χ1n) is 7.92. The summed E-state index contributed by atoms with van der Waals surface area (Å²) in [5.41, 5.74) is -0.439. The Bertz CT molecular complexity index is 368. The molecule has 1 fully saturated rings. The van der Waals surface area contributed by atoms with Crippen molar-refractivity contribution in [3.8, 4) is 0 Å². The Morgan fingerprint density at radius 3 is 2.48 bits per heavy atom. The van der Waals surface area contributed by atoms with Gasteiger partial charge >= 0.3 is 5.97 Å². The van der Waals surface area contributed by atoms with E-state index in [4.69, 9.17) is 0 Å². The van der Waals surface area contributed by atoms with Gasteiger partial charge in [-0.25, -0.2) is 0 Å². The van der Waals surface area contributed by atoms with Gasteiger partial charge in [0, 0.05) is 13.1 Å². The molecule has 122 valence electrons. The highest BCUT2D eigenvalue weighted by Gasteiger charge is 2.38. The molecular formula is C16H30N2O3. The first kappa shape index (κ1) is 18.0. The molecule has 1 aliphatic heterocycles. The van der Waals surface area contributed by atoms with Gasteiger partial charge in [0.05, 0.1) is 11.3 Å². The molecule has 0 aromatic heterocycles. The van der Waals surface area contributed by atoms with Crippen LogP contribution in [0.3, 0.4) is 0 Å². The maximum Gasteiger partial charge on any atom is 0.308 e. The first-order chi connectivity index (χ1) is 9.70. The third-order valence-electron chi connectivity index (χ3n) is 4.35. The number of hydrogen-bond acceptors (Lipinski definition) is 3. The standard InChI is InChI=1S/C16H30N2O3/c1-5-16(7-6-8-17-11-16)14(21)18-10-12(13(19)20)9-15(2,3)4/h12,17H,5-11H2,1-4H3,(H,18,21)(H,19,20). The Morgan fingerprint density at radius 2 is 2.05 bits per heavy atom. The maximum absolute atomic E-state index is 12.5. The number of carbonyl (C=O) groups excluding carboxylic acids is 1. The van der Waals surface area contributed by atoms with E-state index < -0.39 is 11.9 Å². The van der Waals surface area contributed by atoms with Gasteiger partial charge in [-0.05, 0) is 37.6 Å². The first-order valence-corrected chi connectivity index (χ1v) is 7.92. The van der Waals surface area contributed by atoms with Crippen LogP contribution in [0.15, 0.2) is 0 Å². The van der Waals surface area contributed by atoms with E-state index >= 15 is 0 Å². The summed E-state index contributed by atoms with van der Waals surface area (Å²) in [5.74, 6) is -1.37. The van der Waals surface area contributed by atoms with Gasteiger partial charge in [0.2, 0.25) is 5.91 Å². The van der Waals surface area contributed by atoms with Crippen LogP contribution in [-0.4, -0.2) is 36.6 Å². The van der Waals surface area contributed by atoms with Crippen LogP contribution in [0.25, 0.3) is 0 Å². The fourth-order valence-electron chi connectivity index (χ4n) is 3.01. The van der Waals surface area contributed by atoms with Crippen LogP contribution in [0.4, 0.5) is 0 Å². The van der Waals surface area contributed by atoms with E-state index in [1.165, 1.54) is 0 Å². The Hall–Kier alpha value is -1.10. The summed E-state index contributed by atoms with van der Waals surface area (Å²) in [4.78, 5) is 23.9. The second kappa shape index (κ2) is 7.25. The second-order valence-corrected chi connectivity index (χ2v) is 7.42. The largest absolute Gasteiger partial charge is 0.481 e. The Labute approximate surface area is 127 Å². The van der Waals surface area contributed by atoms with Crippen molar-refractivity contribution >= 4 is 11.9 Å². The van der Waals surface area contributed by atoms with Crippen LogP contribution >= 0.6 is 0 Å². The lowest BCUT2D eigenvalue weighted by Crippen LogP contribution is -2.51. The van der Waals surface area contributed by atoms with Crippen molar-refractivity contribution in [1.82, 2.24) is 10.6 Å². The number of piperidine rings is 1.